The molecule has 1 aromatic carbocycles. The number of rotatable bonds is 3. The molecule has 0 spiro atoms. The van der Waals surface area contributed by atoms with Crippen LogP contribution < -0.4 is 4.74 Å². The van der Waals surface area contributed by atoms with Crippen molar-refractivity contribution in [3.05, 3.63) is 35.4 Å². The first-order valence-electron chi connectivity index (χ1n) is 5.29. The maximum Gasteiger partial charge on any atom is 0.307 e. The van der Waals surface area contributed by atoms with E-state index in [4.69, 9.17) is 9.84 Å². The number of aliphatic carboxylic acids is 1. The summed E-state index contributed by atoms with van der Waals surface area (Å²) in [4.78, 5) is 10.7. The number of benzene rings is 1. The smallest absolute Gasteiger partial charge is 0.307 e. The second-order valence-corrected chi connectivity index (χ2v) is 3.86. The molecule has 3 heteroatoms. The van der Waals surface area contributed by atoms with Gasteiger partial charge in [0.25, 0.3) is 0 Å². The minimum absolute atomic E-state index is 0.0966. The number of carboxylic acid groups (broad SMARTS) is 1. The van der Waals surface area contributed by atoms with Crippen LogP contribution in [0.1, 0.15) is 24.0 Å². The zero-order valence-corrected chi connectivity index (χ0v) is 9.19. The molecule has 0 aromatic heterocycles. The van der Waals surface area contributed by atoms with E-state index >= 15 is 0 Å². The van der Waals surface area contributed by atoms with Gasteiger partial charge in [-0.1, -0.05) is 12.1 Å². The molecule has 0 amide bonds. The number of methoxy groups -OCH3 is 1. The van der Waals surface area contributed by atoms with Crippen molar-refractivity contribution in [2.24, 2.45) is 0 Å². The number of aryl methyl sites for hydroxylation is 1. The summed E-state index contributed by atoms with van der Waals surface area (Å²) in [5.41, 5.74) is 3.14. The Bertz CT molecular complexity index is 446. The summed E-state index contributed by atoms with van der Waals surface area (Å²) in [6, 6.07) is 5.81. The van der Waals surface area contributed by atoms with Crippen LogP contribution in [0.5, 0.6) is 5.75 Å². The van der Waals surface area contributed by atoms with Crippen LogP contribution in [0, 0.1) is 0 Å². The summed E-state index contributed by atoms with van der Waals surface area (Å²) in [5.74, 6) is 0.0465. The standard InChI is InChI=1S/C13H14O3/c1-16-11-5-6-12-9(7-11)3-2-4-10(12)8-13(14)15/h4-7H,2-3,8H2,1H3,(H,14,15). The molecule has 0 atom stereocenters. The van der Waals surface area contributed by atoms with Gasteiger partial charge in [0.1, 0.15) is 5.75 Å². The number of hydrogen-bond donors (Lipinski definition) is 1. The summed E-state index contributed by atoms with van der Waals surface area (Å²) in [5, 5.41) is 8.83. The maximum atomic E-state index is 10.7. The Morgan fingerprint density at radius 1 is 1.50 bits per heavy atom. The first-order chi connectivity index (χ1) is 7.70. The third-order valence-electron chi connectivity index (χ3n) is 2.80. The van der Waals surface area contributed by atoms with Crippen LogP contribution in [0.25, 0.3) is 5.57 Å². The number of ether oxygens (including phenoxy) is 1. The van der Waals surface area contributed by atoms with Crippen LogP contribution >= 0.6 is 0 Å². The van der Waals surface area contributed by atoms with Crippen molar-refractivity contribution in [1.82, 2.24) is 0 Å². The molecule has 0 aliphatic heterocycles. The van der Waals surface area contributed by atoms with Crippen LogP contribution in [-0.4, -0.2) is 18.2 Å². The zero-order valence-electron chi connectivity index (χ0n) is 9.19. The molecule has 3 nitrogen and oxygen atoms in total. The Labute approximate surface area is 94.4 Å². The van der Waals surface area contributed by atoms with Crippen LogP contribution in [-0.2, 0) is 11.2 Å². The Hall–Kier alpha value is -1.77. The Balaban J connectivity index is 2.35. The van der Waals surface area contributed by atoms with Gasteiger partial charge in [0.05, 0.1) is 13.5 Å². The summed E-state index contributed by atoms with van der Waals surface area (Å²) < 4.78 is 5.16. The lowest BCUT2D eigenvalue weighted by Crippen LogP contribution is -2.04. The Kier molecular flexibility index (Phi) is 2.95. The van der Waals surface area contributed by atoms with Gasteiger partial charge < -0.3 is 9.84 Å². The maximum absolute atomic E-state index is 10.7. The second-order valence-electron chi connectivity index (χ2n) is 3.86. The average Bonchev–Trinajstić information content (AvgIpc) is 2.28. The molecule has 1 aromatic rings. The largest absolute Gasteiger partial charge is 0.497 e. The highest BCUT2D eigenvalue weighted by molar-refractivity contribution is 5.85. The van der Waals surface area contributed by atoms with E-state index in [1.165, 1.54) is 5.56 Å². The van der Waals surface area contributed by atoms with E-state index in [-0.39, 0.29) is 6.42 Å². The van der Waals surface area contributed by atoms with Gasteiger partial charge in [-0.3, -0.25) is 4.79 Å². The minimum Gasteiger partial charge on any atom is -0.497 e. The summed E-state index contributed by atoms with van der Waals surface area (Å²) in [7, 11) is 1.64. The van der Waals surface area contributed by atoms with Crippen LogP contribution in [0.2, 0.25) is 0 Å². The Morgan fingerprint density at radius 2 is 2.31 bits per heavy atom. The molecular weight excluding hydrogens is 204 g/mol. The predicted octanol–water partition coefficient (Wildman–Crippen LogP) is 2.50. The van der Waals surface area contributed by atoms with Gasteiger partial charge in [0.15, 0.2) is 0 Å². The van der Waals surface area contributed by atoms with Crippen molar-refractivity contribution in [3.8, 4) is 5.75 Å². The fourth-order valence-electron chi connectivity index (χ4n) is 2.06. The number of carbonyl (C=O) groups is 1. The molecular formula is C13H14O3. The lowest BCUT2D eigenvalue weighted by Gasteiger charge is -2.17. The number of fused-ring (bicyclic) bond motifs is 1. The number of carboxylic acids is 1. The molecule has 0 bridgehead atoms. The molecule has 0 heterocycles. The van der Waals surface area contributed by atoms with Crippen molar-refractivity contribution in [2.75, 3.05) is 7.11 Å². The monoisotopic (exact) mass is 218 g/mol. The lowest BCUT2D eigenvalue weighted by atomic mass is 9.89. The predicted molar refractivity (Wildman–Crippen MR) is 61.5 cm³/mol. The summed E-state index contributed by atoms with van der Waals surface area (Å²) in [6.07, 6.45) is 3.97. The van der Waals surface area contributed by atoms with Crippen LogP contribution in [0.4, 0.5) is 0 Å². The highest BCUT2D eigenvalue weighted by Crippen LogP contribution is 2.31. The Morgan fingerprint density at radius 3 is 3.00 bits per heavy atom. The molecule has 16 heavy (non-hydrogen) atoms. The first kappa shape index (κ1) is 10.7. The van der Waals surface area contributed by atoms with Crippen LogP contribution in [0.3, 0.4) is 0 Å². The zero-order chi connectivity index (χ0) is 11.5. The normalized spacial score (nSPS) is 13.9. The summed E-state index contributed by atoms with van der Waals surface area (Å²) in [6.45, 7) is 0. The average molecular weight is 218 g/mol. The van der Waals surface area contributed by atoms with Gasteiger partial charge >= 0.3 is 5.97 Å². The van der Waals surface area contributed by atoms with Gasteiger partial charge in [-0.25, -0.2) is 0 Å². The molecule has 0 saturated carbocycles. The molecule has 0 saturated heterocycles. The van der Waals surface area contributed by atoms with E-state index in [2.05, 4.69) is 0 Å². The van der Waals surface area contributed by atoms with Gasteiger partial charge in [-0.2, -0.15) is 0 Å². The van der Waals surface area contributed by atoms with E-state index in [0.717, 1.165) is 29.7 Å². The quantitative estimate of drug-likeness (QED) is 0.847. The summed E-state index contributed by atoms with van der Waals surface area (Å²) >= 11 is 0. The molecule has 84 valence electrons. The van der Waals surface area contributed by atoms with Gasteiger partial charge in [0.2, 0.25) is 0 Å². The number of hydrogen-bond acceptors (Lipinski definition) is 2. The molecule has 0 unspecified atom stereocenters. The molecule has 2 rings (SSSR count). The fourth-order valence-corrected chi connectivity index (χ4v) is 2.06. The molecule has 0 radical (unpaired) electrons. The highest BCUT2D eigenvalue weighted by atomic mass is 16.5. The van der Waals surface area contributed by atoms with Crippen molar-refractivity contribution in [3.63, 3.8) is 0 Å². The molecule has 1 aliphatic carbocycles. The van der Waals surface area contributed by atoms with E-state index in [1.54, 1.807) is 7.11 Å². The third kappa shape index (κ3) is 2.08. The van der Waals surface area contributed by atoms with E-state index in [9.17, 15) is 4.79 Å². The second kappa shape index (κ2) is 4.39. The molecule has 1 N–H and O–H groups in total. The van der Waals surface area contributed by atoms with Crippen molar-refractivity contribution >= 4 is 11.5 Å². The van der Waals surface area contributed by atoms with E-state index in [0.29, 0.717) is 0 Å². The van der Waals surface area contributed by atoms with E-state index < -0.39 is 5.97 Å². The number of allylic oxidation sites excluding steroid dienone is 1. The van der Waals surface area contributed by atoms with Crippen molar-refractivity contribution in [2.45, 2.75) is 19.3 Å². The van der Waals surface area contributed by atoms with Crippen LogP contribution in [0.15, 0.2) is 24.3 Å². The van der Waals surface area contributed by atoms with Gasteiger partial charge in [-0.15, -0.1) is 0 Å². The van der Waals surface area contributed by atoms with Crippen molar-refractivity contribution < 1.29 is 14.6 Å². The van der Waals surface area contributed by atoms with Gasteiger partial charge in [0, 0.05) is 0 Å². The highest BCUT2D eigenvalue weighted by Gasteiger charge is 2.15. The first-order valence-corrected chi connectivity index (χ1v) is 5.29. The van der Waals surface area contributed by atoms with Crippen molar-refractivity contribution in [1.29, 1.82) is 0 Å². The lowest BCUT2D eigenvalue weighted by molar-refractivity contribution is -0.135. The molecule has 0 fully saturated rings. The topological polar surface area (TPSA) is 46.5 Å². The molecule has 1 aliphatic rings. The fraction of sp³-hybridized carbons (Fsp3) is 0.308. The van der Waals surface area contributed by atoms with Gasteiger partial charge in [-0.05, 0) is 41.7 Å². The SMILES string of the molecule is COc1ccc2c(c1)CCC=C2CC(=O)O. The van der Waals surface area contributed by atoms with E-state index in [1.807, 2.05) is 24.3 Å². The third-order valence-corrected chi connectivity index (χ3v) is 2.80. The minimum atomic E-state index is -0.782.